The van der Waals surface area contributed by atoms with Crippen molar-refractivity contribution in [2.45, 2.75) is 88.9 Å². The van der Waals surface area contributed by atoms with Crippen LogP contribution in [0.2, 0.25) is 0 Å². The smallest absolute Gasteiger partial charge is 0.250 e. The molecule has 1 aliphatic carbocycles. The summed E-state index contributed by atoms with van der Waals surface area (Å²) in [5.41, 5.74) is 0.997. The molecule has 39 heavy (non-hydrogen) atoms. The molecule has 218 valence electrons. The van der Waals surface area contributed by atoms with E-state index in [-0.39, 0.29) is 42.7 Å². The van der Waals surface area contributed by atoms with Gasteiger partial charge in [-0.25, -0.2) is 0 Å². The summed E-state index contributed by atoms with van der Waals surface area (Å²) in [5.74, 6) is -0.343. The zero-order chi connectivity index (χ0) is 27.1. The second-order valence-corrected chi connectivity index (χ2v) is 11.2. The van der Waals surface area contributed by atoms with Crippen LogP contribution >= 0.6 is 12.4 Å². The highest BCUT2D eigenvalue weighted by Crippen LogP contribution is 2.36. The molecule has 1 aromatic carbocycles. The van der Waals surface area contributed by atoms with Crippen molar-refractivity contribution in [1.29, 1.82) is 0 Å². The molecule has 2 heterocycles. The van der Waals surface area contributed by atoms with Crippen LogP contribution in [-0.4, -0.2) is 83.7 Å². The Hall–Kier alpha value is -2.20. The highest BCUT2D eigenvalue weighted by Gasteiger charge is 2.55. The topological polar surface area (TPSA) is 111 Å². The number of rotatable bonds is 10. The molecule has 3 aliphatic rings. The number of anilines is 1. The minimum Gasteiger partial charge on any atom is -0.390 e. The number of halogens is 1. The van der Waals surface area contributed by atoms with Crippen LogP contribution in [0, 0.1) is 5.92 Å². The molecule has 3 fully saturated rings. The molecule has 0 radical (unpaired) electrons. The Morgan fingerprint density at radius 2 is 1.82 bits per heavy atom. The summed E-state index contributed by atoms with van der Waals surface area (Å²) in [5, 5.41) is 16.9. The van der Waals surface area contributed by atoms with Gasteiger partial charge in [0.1, 0.15) is 18.2 Å². The van der Waals surface area contributed by atoms with E-state index in [9.17, 15) is 19.5 Å². The van der Waals surface area contributed by atoms with Gasteiger partial charge in [-0.1, -0.05) is 44.7 Å². The number of methoxy groups -OCH3 is 1. The largest absolute Gasteiger partial charge is 0.390 e. The highest BCUT2D eigenvalue weighted by atomic mass is 35.5. The number of piperazine rings is 1. The van der Waals surface area contributed by atoms with Gasteiger partial charge in [0.15, 0.2) is 0 Å². The lowest BCUT2D eigenvalue weighted by Crippen LogP contribution is -2.75. The van der Waals surface area contributed by atoms with E-state index >= 15 is 0 Å². The van der Waals surface area contributed by atoms with Gasteiger partial charge in [-0.05, 0) is 55.7 Å². The number of amides is 3. The number of ether oxygens (including phenoxy) is 1. The van der Waals surface area contributed by atoms with Gasteiger partial charge >= 0.3 is 0 Å². The van der Waals surface area contributed by atoms with E-state index in [0.29, 0.717) is 32.5 Å². The zero-order valence-corrected chi connectivity index (χ0v) is 24.1. The monoisotopic (exact) mass is 564 g/mol. The Morgan fingerprint density at radius 1 is 1.15 bits per heavy atom. The number of nitrogens with one attached hydrogen (secondary N) is 2. The first kappa shape index (κ1) is 31.3. The van der Waals surface area contributed by atoms with Gasteiger partial charge < -0.3 is 25.4 Å². The van der Waals surface area contributed by atoms with Gasteiger partial charge in [-0.3, -0.25) is 19.3 Å². The van der Waals surface area contributed by atoms with Crippen molar-refractivity contribution in [3.63, 3.8) is 0 Å². The number of piperidine rings is 1. The summed E-state index contributed by atoms with van der Waals surface area (Å²) < 4.78 is 4.85. The van der Waals surface area contributed by atoms with E-state index in [0.717, 1.165) is 56.3 Å². The lowest BCUT2D eigenvalue weighted by Gasteiger charge is -2.52. The van der Waals surface area contributed by atoms with Crippen molar-refractivity contribution in [2.24, 2.45) is 5.92 Å². The summed E-state index contributed by atoms with van der Waals surface area (Å²) in [6, 6.07) is 6.91. The molecule has 1 saturated carbocycles. The third kappa shape index (κ3) is 7.31. The van der Waals surface area contributed by atoms with Gasteiger partial charge in [0.2, 0.25) is 17.7 Å². The van der Waals surface area contributed by atoms with Crippen LogP contribution in [0.4, 0.5) is 5.69 Å². The first-order chi connectivity index (χ1) is 18.4. The number of carbonyl (C=O) groups is 3. The molecule has 1 spiro atoms. The van der Waals surface area contributed by atoms with Gasteiger partial charge in [0, 0.05) is 39.0 Å². The molecule has 3 amide bonds. The van der Waals surface area contributed by atoms with Crippen molar-refractivity contribution in [3.8, 4) is 0 Å². The summed E-state index contributed by atoms with van der Waals surface area (Å²) in [4.78, 5) is 43.3. The molecule has 0 unspecified atom stereocenters. The Labute approximate surface area is 238 Å². The SMILES string of the molecule is CCCCN1C(=O)[C@@H]([C@H](O)C2CCCCC2)NC(=O)C12CCN(Cc1ccc(NC(=O)COC)cc1)CC2.Cl. The molecule has 0 bridgehead atoms. The van der Waals surface area contributed by atoms with Crippen LogP contribution in [0.15, 0.2) is 24.3 Å². The average molecular weight is 565 g/mol. The summed E-state index contributed by atoms with van der Waals surface area (Å²) in [6.07, 6.45) is 7.24. The molecule has 10 heteroatoms. The lowest BCUT2D eigenvalue weighted by molar-refractivity contribution is -0.166. The maximum Gasteiger partial charge on any atom is 0.250 e. The fourth-order valence-electron chi connectivity index (χ4n) is 6.32. The molecule has 1 aromatic rings. The third-order valence-electron chi connectivity index (χ3n) is 8.57. The number of unbranched alkanes of at least 4 members (excludes halogenated alkanes) is 1. The van der Waals surface area contributed by atoms with Crippen molar-refractivity contribution in [3.05, 3.63) is 29.8 Å². The molecule has 3 N–H and O–H groups in total. The summed E-state index contributed by atoms with van der Waals surface area (Å²) in [7, 11) is 1.49. The highest BCUT2D eigenvalue weighted by molar-refractivity contribution is 6.00. The van der Waals surface area contributed by atoms with Crippen LogP contribution < -0.4 is 10.6 Å². The number of hydrogen-bond donors (Lipinski definition) is 3. The molecule has 2 aliphatic heterocycles. The van der Waals surface area contributed by atoms with E-state index in [1.165, 1.54) is 13.5 Å². The molecular formula is C29H45ClN4O5. The van der Waals surface area contributed by atoms with Crippen molar-refractivity contribution >= 4 is 35.8 Å². The van der Waals surface area contributed by atoms with Crippen molar-refractivity contribution in [2.75, 3.05) is 38.7 Å². The van der Waals surface area contributed by atoms with Crippen molar-refractivity contribution < 1.29 is 24.2 Å². The minimum atomic E-state index is -0.846. The zero-order valence-electron chi connectivity index (χ0n) is 23.3. The van der Waals surface area contributed by atoms with Gasteiger partial charge in [-0.2, -0.15) is 0 Å². The molecule has 9 nitrogen and oxygen atoms in total. The van der Waals surface area contributed by atoms with Crippen LogP contribution in [0.1, 0.15) is 70.3 Å². The Balaban J connectivity index is 0.00000420. The van der Waals surface area contributed by atoms with Crippen LogP contribution in [0.5, 0.6) is 0 Å². The van der Waals surface area contributed by atoms with Gasteiger partial charge in [0.25, 0.3) is 0 Å². The number of aliphatic hydroxyl groups excluding tert-OH is 1. The maximum atomic E-state index is 13.8. The fourth-order valence-corrected chi connectivity index (χ4v) is 6.32. The number of nitrogens with zero attached hydrogens (tertiary/aromatic N) is 2. The van der Waals surface area contributed by atoms with Crippen LogP contribution in [0.25, 0.3) is 0 Å². The predicted molar refractivity (Wildman–Crippen MR) is 153 cm³/mol. The van der Waals surface area contributed by atoms with E-state index in [1.54, 1.807) is 0 Å². The predicted octanol–water partition coefficient (Wildman–Crippen LogP) is 3.10. The molecule has 4 rings (SSSR count). The first-order valence-corrected chi connectivity index (χ1v) is 14.3. The lowest BCUT2D eigenvalue weighted by atomic mass is 9.78. The van der Waals surface area contributed by atoms with Crippen LogP contribution in [-0.2, 0) is 25.7 Å². The summed E-state index contributed by atoms with van der Waals surface area (Å²) >= 11 is 0. The fraction of sp³-hybridized carbons (Fsp3) is 0.690. The average Bonchev–Trinajstić information content (AvgIpc) is 2.93. The molecular weight excluding hydrogens is 520 g/mol. The Kier molecular flexibility index (Phi) is 11.6. The molecule has 0 aromatic heterocycles. The van der Waals surface area contributed by atoms with E-state index in [1.807, 2.05) is 29.2 Å². The number of benzene rings is 1. The maximum absolute atomic E-state index is 13.8. The number of hydrogen-bond acceptors (Lipinski definition) is 6. The normalized spacial score (nSPS) is 22.7. The minimum absolute atomic E-state index is 0. The van der Waals surface area contributed by atoms with Gasteiger partial charge in [-0.15, -0.1) is 12.4 Å². The molecule has 2 atom stereocenters. The van der Waals surface area contributed by atoms with E-state index in [4.69, 9.17) is 4.74 Å². The summed E-state index contributed by atoms with van der Waals surface area (Å²) in [6.45, 7) is 4.79. The first-order valence-electron chi connectivity index (χ1n) is 14.3. The van der Waals surface area contributed by atoms with Crippen LogP contribution in [0.3, 0.4) is 0 Å². The van der Waals surface area contributed by atoms with Gasteiger partial charge in [0.05, 0.1) is 6.10 Å². The second kappa shape index (κ2) is 14.4. The second-order valence-electron chi connectivity index (χ2n) is 11.2. The third-order valence-corrected chi connectivity index (χ3v) is 8.57. The number of aliphatic hydroxyl groups is 1. The number of likely N-dealkylation sites (tertiary alicyclic amines) is 1. The van der Waals surface area contributed by atoms with E-state index < -0.39 is 17.7 Å². The van der Waals surface area contributed by atoms with Crippen molar-refractivity contribution in [1.82, 2.24) is 15.1 Å². The van der Waals surface area contributed by atoms with E-state index in [2.05, 4.69) is 22.5 Å². The number of carbonyl (C=O) groups excluding carboxylic acids is 3. The Morgan fingerprint density at radius 3 is 2.44 bits per heavy atom. The standard InChI is InChI=1S/C29H44N4O5.ClH/c1-3-4-16-33-27(36)25(26(35)22-8-6-5-7-9-22)31-28(37)29(33)14-17-32(18-15-29)19-21-10-12-23(13-11-21)30-24(34)20-38-2;/h10-13,22,25-26,35H,3-9,14-20H2,1-2H3,(H,30,34)(H,31,37);1H/t25-,26-;/m1./s1. The quantitative estimate of drug-likeness (QED) is 0.403. The molecule has 2 saturated heterocycles. The Bertz CT molecular complexity index is 961.